The SMILES string of the molecule is Cc1cccc2c1NC(=O)C2NCc1ccn[nH]1. The fraction of sp³-hybridized carbons (Fsp3) is 0.231. The van der Waals surface area contributed by atoms with E-state index in [1.165, 1.54) is 0 Å². The summed E-state index contributed by atoms with van der Waals surface area (Å²) in [7, 11) is 0. The van der Waals surface area contributed by atoms with E-state index in [4.69, 9.17) is 0 Å². The number of fused-ring (bicyclic) bond motifs is 1. The van der Waals surface area contributed by atoms with Gasteiger partial charge in [0, 0.05) is 29.7 Å². The molecule has 2 aromatic rings. The number of rotatable bonds is 3. The minimum absolute atomic E-state index is 0.00110. The van der Waals surface area contributed by atoms with Gasteiger partial charge in [0.05, 0.1) is 0 Å². The number of hydrogen-bond donors (Lipinski definition) is 3. The number of carbonyl (C=O) groups excluding carboxylic acids is 1. The highest BCUT2D eigenvalue weighted by atomic mass is 16.2. The molecule has 0 saturated heterocycles. The Kier molecular flexibility index (Phi) is 2.60. The van der Waals surface area contributed by atoms with Gasteiger partial charge in [-0.2, -0.15) is 5.10 Å². The molecule has 0 bridgehead atoms. The Bertz CT molecular complexity index is 577. The molecule has 1 unspecified atom stereocenters. The van der Waals surface area contributed by atoms with Crippen LogP contribution in [0.3, 0.4) is 0 Å². The molecule has 18 heavy (non-hydrogen) atoms. The molecule has 2 heterocycles. The molecule has 92 valence electrons. The van der Waals surface area contributed by atoms with Crippen molar-refractivity contribution in [3.05, 3.63) is 47.3 Å². The Balaban J connectivity index is 1.81. The number of aromatic nitrogens is 2. The van der Waals surface area contributed by atoms with Gasteiger partial charge >= 0.3 is 0 Å². The van der Waals surface area contributed by atoms with E-state index in [1.807, 2.05) is 31.2 Å². The van der Waals surface area contributed by atoms with Crippen LogP contribution in [0, 0.1) is 6.92 Å². The van der Waals surface area contributed by atoms with E-state index in [-0.39, 0.29) is 11.9 Å². The van der Waals surface area contributed by atoms with Gasteiger partial charge in [-0.1, -0.05) is 18.2 Å². The predicted molar refractivity (Wildman–Crippen MR) is 68.0 cm³/mol. The van der Waals surface area contributed by atoms with Crippen LogP contribution in [0.1, 0.15) is 22.9 Å². The summed E-state index contributed by atoms with van der Waals surface area (Å²) in [5, 5.41) is 12.9. The summed E-state index contributed by atoms with van der Waals surface area (Å²) in [6.07, 6.45) is 1.70. The first-order valence-electron chi connectivity index (χ1n) is 5.88. The highest BCUT2D eigenvalue weighted by Gasteiger charge is 2.30. The average Bonchev–Trinajstić information content (AvgIpc) is 2.95. The molecule has 0 aliphatic carbocycles. The second-order valence-corrected chi connectivity index (χ2v) is 4.42. The van der Waals surface area contributed by atoms with Gasteiger partial charge < -0.3 is 5.32 Å². The van der Waals surface area contributed by atoms with Crippen LogP contribution in [0.5, 0.6) is 0 Å². The standard InChI is InChI=1S/C13H14N4O/c1-8-3-2-4-10-11(8)16-13(18)12(10)14-7-9-5-6-15-17-9/h2-6,12,14H,7H2,1H3,(H,15,17)(H,16,18). The van der Waals surface area contributed by atoms with E-state index >= 15 is 0 Å². The van der Waals surface area contributed by atoms with Crippen LogP contribution in [-0.2, 0) is 11.3 Å². The number of benzene rings is 1. The van der Waals surface area contributed by atoms with Gasteiger partial charge in [-0.25, -0.2) is 0 Å². The average molecular weight is 242 g/mol. The van der Waals surface area contributed by atoms with Crippen LogP contribution in [0.2, 0.25) is 0 Å². The Morgan fingerprint density at radius 3 is 3.06 bits per heavy atom. The maximum absolute atomic E-state index is 11.9. The van der Waals surface area contributed by atoms with Gasteiger partial charge in [-0.05, 0) is 18.6 Å². The van der Waals surface area contributed by atoms with Crippen LogP contribution in [0.4, 0.5) is 5.69 Å². The zero-order chi connectivity index (χ0) is 12.5. The number of aryl methyl sites for hydroxylation is 1. The zero-order valence-electron chi connectivity index (χ0n) is 10.0. The van der Waals surface area contributed by atoms with Gasteiger partial charge in [0.2, 0.25) is 5.91 Å². The lowest BCUT2D eigenvalue weighted by Crippen LogP contribution is -2.27. The van der Waals surface area contributed by atoms with Crippen molar-refractivity contribution >= 4 is 11.6 Å². The number of nitrogens with zero attached hydrogens (tertiary/aromatic N) is 1. The van der Waals surface area contributed by atoms with Crippen LogP contribution in [0.15, 0.2) is 30.5 Å². The lowest BCUT2D eigenvalue weighted by Gasteiger charge is -2.10. The molecule has 3 rings (SSSR count). The summed E-state index contributed by atoms with van der Waals surface area (Å²) >= 11 is 0. The highest BCUT2D eigenvalue weighted by Crippen LogP contribution is 2.33. The second kappa shape index (κ2) is 4.27. The molecule has 5 heteroatoms. The zero-order valence-corrected chi connectivity index (χ0v) is 10.0. The number of nitrogens with one attached hydrogen (secondary N) is 3. The lowest BCUT2D eigenvalue weighted by atomic mass is 10.1. The van der Waals surface area contributed by atoms with Crippen molar-refractivity contribution in [1.29, 1.82) is 0 Å². The number of H-pyrrole nitrogens is 1. The molecule has 1 aromatic carbocycles. The van der Waals surface area contributed by atoms with Gasteiger partial charge in [-0.15, -0.1) is 0 Å². The molecule has 0 fully saturated rings. The topological polar surface area (TPSA) is 69.8 Å². The van der Waals surface area contributed by atoms with Gasteiger partial charge in [0.1, 0.15) is 6.04 Å². The predicted octanol–water partition coefficient (Wildman–Crippen LogP) is 1.50. The first-order valence-corrected chi connectivity index (χ1v) is 5.88. The third kappa shape index (κ3) is 1.78. The molecular formula is C13H14N4O. The Labute approximate surface area is 105 Å². The van der Waals surface area contributed by atoms with Crippen molar-refractivity contribution in [3.63, 3.8) is 0 Å². The fourth-order valence-electron chi connectivity index (χ4n) is 2.24. The van der Waals surface area contributed by atoms with E-state index in [0.29, 0.717) is 6.54 Å². The van der Waals surface area contributed by atoms with Gasteiger partial charge in [0.15, 0.2) is 0 Å². The molecule has 0 spiro atoms. The van der Waals surface area contributed by atoms with Crippen LogP contribution < -0.4 is 10.6 Å². The molecule has 3 N–H and O–H groups in total. The van der Waals surface area contributed by atoms with E-state index < -0.39 is 0 Å². The number of carbonyl (C=O) groups is 1. The first-order chi connectivity index (χ1) is 8.75. The molecule has 5 nitrogen and oxygen atoms in total. The minimum Gasteiger partial charge on any atom is -0.324 e. The molecule has 1 atom stereocenters. The van der Waals surface area contributed by atoms with Gasteiger partial charge in [0.25, 0.3) is 0 Å². The molecular weight excluding hydrogens is 228 g/mol. The molecule has 0 radical (unpaired) electrons. The number of hydrogen-bond acceptors (Lipinski definition) is 3. The Hall–Kier alpha value is -2.14. The molecule has 1 amide bonds. The van der Waals surface area contributed by atoms with Crippen molar-refractivity contribution in [2.75, 3.05) is 5.32 Å². The monoisotopic (exact) mass is 242 g/mol. The quantitative estimate of drug-likeness (QED) is 0.764. The number of aromatic amines is 1. The summed E-state index contributed by atoms with van der Waals surface area (Å²) in [5.41, 5.74) is 4.00. The van der Waals surface area contributed by atoms with Crippen LogP contribution >= 0.6 is 0 Å². The van der Waals surface area contributed by atoms with Gasteiger partial charge in [-0.3, -0.25) is 15.2 Å². The van der Waals surface area contributed by atoms with Crippen molar-refractivity contribution in [2.45, 2.75) is 19.5 Å². The maximum Gasteiger partial charge on any atom is 0.246 e. The lowest BCUT2D eigenvalue weighted by molar-refractivity contribution is -0.117. The van der Waals surface area contributed by atoms with Crippen molar-refractivity contribution in [3.8, 4) is 0 Å². The van der Waals surface area contributed by atoms with Crippen molar-refractivity contribution in [2.24, 2.45) is 0 Å². The molecule has 1 aliphatic rings. The van der Waals surface area contributed by atoms with E-state index in [1.54, 1.807) is 6.20 Å². The summed E-state index contributed by atoms with van der Waals surface area (Å²) in [4.78, 5) is 11.9. The van der Waals surface area contributed by atoms with Crippen molar-refractivity contribution < 1.29 is 4.79 Å². The molecule has 1 aliphatic heterocycles. The molecule has 1 aromatic heterocycles. The van der Waals surface area contributed by atoms with Crippen LogP contribution in [-0.4, -0.2) is 16.1 Å². The maximum atomic E-state index is 11.9. The first kappa shape index (κ1) is 11.0. The third-order valence-corrected chi connectivity index (χ3v) is 3.18. The summed E-state index contributed by atoms with van der Waals surface area (Å²) in [6.45, 7) is 2.59. The summed E-state index contributed by atoms with van der Waals surface area (Å²) < 4.78 is 0. The van der Waals surface area contributed by atoms with Crippen LogP contribution in [0.25, 0.3) is 0 Å². The Morgan fingerprint density at radius 2 is 2.28 bits per heavy atom. The van der Waals surface area contributed by atoms with Crippen molar-refractivity contribution in [1.82, 2.24) is 15.5 Å². The minimum atomic E-state index is -0.289. The third-order valence-electron chi connectivity index (χ3n) is 3.18. The van der Waals surface area contributed by atoms with E-state index in [9.17, 15) is 4.79 Å². The van der Waals surface area contributed by atoms with E-state index in [2.05, 4.69) is 20.8 Å². The number of anilines is 1. The summed E-state index contributed by atoms with van der Waals surface area (Å²) in [5.74, 6) is -0.00110. The summed E-state index contributed by atoms with van der Waals surface area (Å²) in [6, 6.07) is 7.54. The Morgan fingerprint density at radius 1 is 1.39 bits per heavy atom. The molecule has 0 saturated carbocycles. The fourth-order valence-corrected chi connectivity index (χ4v) is 2.24. The van der Waals surface area contributed by atoms with E-state index in [0.717, 1.165) is 22.5 Å². The smallest absolute Gasteiger partial charge is 0.246 e. The number of amides is 1. The number of para-hydroxylation sites is 1. The highest BCUT2D eigenvalue weighted by molar-refractivity contribution is 6.03. The largest absolute Gasteiger partial charge is 0.324 e. The normalized spacial score (nSPS) is 17.6. The second-order valence-electron chi connectivity index (χ2n) is 4.42.